The Hall–Kier alpha value is -2.94. The van der Waals surface area contributed by atoms with Gasteiger partial charge in [-0.05, 0) is 36.2 Å². The molecule has 0 amide bonds. The highest BCUT2D eigenvalue weighted by Crippen LogP contribution is 2.31. The highest BCUT2D eigenvalue weighted by molar-refractivity contribution is 7.92. The van der Waals surface area contributed by atoms with Gasteiger partial charge in [0, 0.05) is 18.2 Å². The Balaban J connectivity index is 1.72. The van der Waals surface area contributed by atoms with Crippen LogP contribution in [0.5, 0.6) is 5.75 Å². The van der Waals surface area contributed by atoms with Crippen LogP contribution in [-0.4, -0.2) is 38.5 Å². The maximum atomic E-state index is 12.3. The highest BCUT2D eigenvalue weighted by Gasteiger charge is 2.26. The normalized spacial score (nSPS) is 13.3. The molecule has 1 aliphatic heterocycles. The first-order chi connectivity index (χ1) is 12.3. The summed E-state index contributed by atoms with van der Waals surface area (Å²) in [7, 11) is -3.34. The summed E-state index contributed by atoms with van der Waals surface area (Å²) in [6, 6.07) is 10.4. The van der Waals surface area contributed by atoms with E-state index in [1.54, 1.807) is 18.2 Å². The number of hydrogen-bond donors (Lipinski definition) is 0. The molecule has 0 bridgehead atoms. The number of rotatable bonds is 6. The van der Waals surface area contributed by atoms with Crippen LogP contribution in [0.25, 0.3) is 0 Å². The number of nitro groups is 1. The highest BCUT2D eigenvalue weighted by atomic mass is 32.2. The lowest BCUT2D eigenvalue weighted by molar-refractivity contribution is -0.384. The van der Waals surface area contributed by atoms with E-state index in [4.69, 9.17) is 4.74 Å². The van der Waals surface area contributed by atoms with Crippen molar-refractivity contribution in [3.05, 3.63) is 63.7 Å². The molecule has 0 N–H and O–H groups in total. The summed E-state index contributed by atoms with van der Waals surface area (Å²) >= 11 is 0. The maximum absolute atomic E-state index is 12.3. The van der Waals surface area contributed by atoms with Crippen molar-refractivity contribution in [2.24, 2.45) is 0 Å². The zero-order chi connectivity index (χ0) is 18.9. The van der Waals surface area contributed by atoms with Gasteiger partial charge in [-0.15, -0.1) is 0 Å². The Morgan fingerprint density at radius 1 is 1.27 bits per heavy atom. The molecule has 0 radical (unpaired) electrons. The summed E-state index contributed by atoms with van der Waals surface area (Å²) in [5.41, 5.74) is 1.66. The number of non-ortho nitro benzene ring substituents is 1. The number of sulfonamides is 1. The van der Waals surface area contributed by atoms with Crippen LogP contribution in [0.4, 0.5) is 11.4 Å². The van der Waals surface area contributed by atoms with E-state index in [0.29, 0.717) is 24.2 Å². The molecule has 26 heavy (non-hydrogen) atoms. The molecule has 1 heterocycles. The summed E-state index contributed by atoms with van der Waals surface area (Å²) < 4.78 is 30.1. The number of carbonyl (C=O) groups excluding carboxylic acids is 1. The third-order valence-corrected chi connectivity index (χ3v) is 5.23. The molecule has 8 nitrogen and oxygen atoms in total. The monoisotopic (exact) mass is 376 g/mol. The van der Waals surface area contributed by atoms with Crippen LogP contribution in [0, 0.1) is 10.1 Å². The van der Waals surface area contributed by atoms with Crippen LogP contribution in [0.3, 0.4) is 0 Å². The largest absolute Gasteiger partial charge is 0.485 e. The lowest BCUT2D eigenvalue weighted by Gasteiger charge is -2.16. The molecule has 0 unspecified atom stereocenters. The summed E-state index contributed by atoms with van der Waals surface area (Å²) in [5, 5.41) is 10.8. The van der Waals surface area contributed by atoms with Crippen LogP contribution in [0.2, 0.25) is 0 Å². The van der Waals surface area contributed by atoms with Gasteiger partial charge in [0.1, 0.15) is 5.75 Å². The van der Waals surface area contributed by atoms with E-state index in [1.807, 2.05) is 0 Å². The van der Waals surface area contributed by atoms with Gasteiger partial charge < -0.3 is 4.74 Å². The molecule has 0 saturated heterocycles. The third kappa shape index (κ3) is 3.67. The molecule has 2 aromatic carbocycles. The fourth-order valence-corrected chi connectivity index (χ4v) is 3.77. The first kappa shape index (κ1) is 17.9. The maximum Gasteiger partial charge on any atom is 0.273 e. The molecule has 1 aliphatic rings. The molecule has 3 rings (SSSR count). The Bertz CT molecular complexity index is 986. The number of Topliss-reactive ketones (excluding diaryl/α,β-unsaturated/α-hetero) is 1. The van der Waals surface area contributed by atoms with Gasteiger partial charge >= 0.3 is 0 Å². The number of hydrogen-bond acceptors (Lipinski definition) is 6. The van der Waals surface area contributed by atoms with Crippen molar-refractivity contribution in [2.75, 3.05) is 23.7 Å². The van der Waals surface area contributed by atoms with E-state index in [0.717, 1.165) is 11.8 Å². The number of fused-ring (bicyclic) bond motifs is 1. The van der Waals surface area contributed by atoms with Gasteiger partial charge in [-0.1, -0.05) is 6.07 Å². The van der Waals surface area contributed by atoms with E-state index in [2.05, 4.69) is 0 Å². The van der Waals surface area contributed by atoms with Crippen LogP contribution in [-0.2, 0) is 16.4 Å². The molecule has 0 fully saturated rings. The van der Waals surface area contributed by atoms with Crippen molar-refractivity contribution in [1.82, 2.24) is 0 Å². The molecule has 0 aliphatic carbocycles. The minimum Gasteiger partial charge on any atom is -0.485 e. The summed E-state index contributed by atoms with van der Waals surface area (Å²) in [6.45, 7) is 0.0890. The predicted molar refractivity (Wildman–Crippen MR) is 95.3 cm³/mol. The molecular weight excluding hydrogens is 360 g/mol. The minimum absolute atomic E-state index is 0.117. The predicted octanol–water partition coefficient (Wildman–Crippen LogP) is 2.18. The first-order valence-corrected chi connectivity index (χ1v) is 9.61. The second-order valence-electron chi connectivity index (χ2n) is 5.89. The molecule has 0 atom stereocenters. The molecular formula is C17H16N2O6S. The molecule has 0 aromatic heterocycles. The van der Waals surface area contributed by atoms with E-state index in [1.165, 1.54) is 28.6 Å². The first-order valence-electron chi connectivity index (χ1n) is 7.77. The van der Waals surface area contributed by atoms with Gasteiger partial charge in [0.2, 0.25) is 10.0 Å². The molecule has 0 saturated carbocycles. The van der Waals surface area contributed by atoms with Crippen LogP contribution in [0.15, 0.2) is 42.5 Å². The lowest BCUT2D eigenvalue weighted by atomic mass is 10.1. The van der Waals surface area contributed by atoms with Crippen molar-refractivity contribution in [1.29, 1.82) is 0 Å². The standard InChI is InChI=1S/C17H16N2O6S/c1-26(23,24)18-8-7-12-9-13(5-6-16(12)18)17(20)11-25-15-4-2-3-14(10-15)19(21)22/h2-6,9-10H,7-8,11H2,1H3. The molecule has 2 aromatic rings. The molecule has 9 heteroatoms. The van der Waals surface area contributed by atoms with Crippen molar-refractivity contribution >= 4 is 27.2 Å². The minimum atomic E-state index is -3.34. The molecule has 136 valence electrons. The zero-order valence-electron chi connectivity index (χ0n) is 13.9. The fourth-order valence-electron chi connectivity index (χ4n) is 2.81. The Kier molecular flexibility index (Phi) is 4.64. The Morgan fingerprint density at radius 3 is 2.73 bits per heavy atom. The number of ketones is 1. The number of nitro benzene ring substituents is 1. The van der Waals surface area contributed by atoms with E-state index >= 15 is 0 Å². The number of ether oxygens (including phenoxy) is 1. The van der Waals surface area contributed by atoms with E-state index < -0.39 is 14.9 Å². The van der Waals surface area contributed by atoms with Crippen molar-refractivity contribution in [3.8, 4) is 5.75 Å². The Morgan fingerprint density at radius 2 is 2.04 bits per heavy atom. The van der Waals surface area contributed by atoms with Gasteiger partial charge in [-0.2, -0.15) is 0 Å². The van der Waals surface area contributed by atoms with Crippen LogP contribution >= 0.6 is 0 Å². The van der Waals surface area contributed by atoms with Crippen molar-refractivity contribution in [3.63, 3.8) is 0 Å². The van der Waals surface area contributed by atoms with Gasteiger partial charge in [0.05, 0.1) is 22.9 Å². The van der Waals surface area contributed by atoms with Crippen molar-refractivity contribution in [2.45, 2.75) is 6.42 Å². The average molecular weight is 376 g/mol. The summed E-state index contributed by atoms with van der Waals surface area (Å²) in [4.78, 5) is 22.5. The van der Waals surface area contributed by atoms with Gasteiger partial charge in [0.15, 0.2) is 12.4 Å². The second-order valence-corrected chi connectivity index (χ2v) is 7.80. The van der Waals surface area contributed by atoms with Gasteiger partial charge in [-0.3, -0.25) is 19.2 Å². The fraction of sp³-hybridized carbons (Fsp3) is 0.235. The SMILES string of the molecule is CS(=O)(=O)N1CCc2cc(C(=O)COc3cccc([N+](=O)[O-])c3)ccc21. The quantitative estimate of drug-likeness (QED) is 0.434. The zero-order valence-corrected chi connectivity index (χ0v) is 14.7. The summed E-state index contributed by atoms with van der Waals surface area (Å²) in [6.07, 6.45) is 1.68. The Labute approximate surface area is 150 Å². The number of benzene rings is 2. The average Bonchev–Trinajstić information content (AvgIpc) is 3.03. The number of anilines is 1. The second kappa shape index (κ2) is 6.75. The topological polar surface area (TPSA) is 107 Å². The lowest BCUT2D eigenvalue weighted by Crippen LogP contribution is -2.27. The van der Waals surface area contributed by atoms with Gasteiger partial charge in [0.25, 0.3) is 5.69 Å². The summed E-state index contributed by atoms with van der Waals surface area (Å²) in [5.74, 6) is -0.0610. The van der Waals surface area contributed by atoms with E-state index in [-0.39, 0.29) is 23.8 Å². The number of nitrogens with zero attached hydrogens (tertiary/aromatic N) is 2. The third-order valence-electron chi connectivity index (χ3n) is 4.05. The van der Waals surface area contributed by atoms with Crippen LogP contribution in [0.1, 0.15) is 15.9 Å². The smallest absolute Gasteiger partial charge is 0.273 e. The molecule has 0 spiro atoms. The van der Waals surface area contributed by atoms with Gasteiger partial charge in [-0.25, -0.2) is 8.42 Å². The number of carbonyl (C=O) groups is 1. The van der Waals surface area contributed by atoms with Crippen LogP contribution < -0.4 is 9.04 Å². The van der Waals surface area contributed by atoms with E-state index in [9.17, 15) is 23.3 Å². The van der Waals surface area contributed by atoms with Crippen molar-refractivity contribution < 1.29 is 22.9 Å².